The van der Waals surface area contributed by atoms with Crippen LogP contribution < -0.4 is 0 Å². The molecule has 6 aromatic carbocycles. The summed E-state index contributed by atoms with van der Waals surface area (Å²) in [5.74, 6) is 5.99. The Balaban J connectivity index is 1.13. The molecule has 7 aromatic rings. The van der Waals surface area contributed by atoms with Crippen LogP contribution in [-0.2, 0) is 0 Å². The van der Waals surface area contributed by atoms with Crippen LogP contribution in [0.1, 0.15) is 51.0 Å². The highest BCUT2D eigenvalue weighted by atomic mass is 15.0. The molecule has 5 atom stereocenters. The second-order valence-corrected chi connectivity index (χ2v) is 14.8. The molecule has 2 aliphatic rings. The van der Waals surface area contributed by atoms with Crippen LogP contribution in [0.25, 0.3) is 66.8 Å². The monoisotopic (exact) mass is 635 g/mol. The molecule has 2 fully saturated rings. The molecule has 2 saturated carbocycles. The lowest BCUT2D eigenvalue weighted by atomic mass is 9.59. The van der Waals surface area contributed by atoms with Gasteiger partial charge in [0, 0.05) is 16.7 Å². The van der Waals surface area contributed by atoms with Crippen molar-refractivity contribution in [2.45, 2.75) is 45.4 Å². The molecule has 0 N–H and O–H groups in total. The van der Waals surface area contributed by atoms with Gasteiger partial charge >= 0.3 is 0 Å². The fourth-order valence-electron chi connectivity index (χ4n) is 9.17. The molecular weight excluding hydrogens is 595 g/mol. The van der Waals surface area contributed by atoms with E-state index < -0.39 is 0 Å². The number of hydrogen-bond donors (Lipinski definition) is 0. The van der Waals surface area contributed by atoms with Crippen LogP contribution in [-0.4, -0.2) is 15.0 Å². The van der Waals surface area contributed by atoms with Crippen LogP contribution in [0.4, 0.5) is 0 Å². The summed E-state index contributed by atoms with van der Waals surface area (Å²) < 4.78 is 0. The second kappa shape index (κ2) is 12.4. The summed E-state index contributed by atoms with van der Waals surface area (Å²) in [5, 5.41) is 4.74. The second-order valence-electron chi connectivity index (χ2n) is 14.8. The molecule has 2 bridgehead atoms. The number of benzene rings is 6. The highest BCUT2D eigenvalue weighted by Gasteiger charge is 2.40. The van der Waals surface area contributed by atoms with Gasteiger partial charge in [0.1, 0.15) is 0 Å². The molecular formula is C46H41N3. The van der Waals surface area contributed by atoms with Gasteiger partial charge in [0.05, 0.1) is 0 Å². The summed E-state index contributed by atoms with van der Waals surface area (Å²) >= 11 is 0. The van der Waals surface area contributed by atoms with Crippen molar-refractivity contribution in [3.63, 3.8) is 0 Å². The maximum absolute atomic E-state index is 5.14. The number of rotatable bonds is 5. The molecule has 3 heteroatoms. The first kappa shape index (κ1) is 29.9. The van der Waals surface area contributed by atoms with Crippen molar-refractivity contribution in [1.29, 1.82) is 0 Å². The van der Waals surface area contributed by atoms with Crippen molar-refractivity contribution in [3.8, 4) is 45.3 Å². The number of hydrogen-bond acceptors (Lipinski definition) is 3. The van der Waals surface area contributed by atoms with Gasteiger partial charge in [-0.15, -0.1) is 0 Å². The number of aromatic nitrogens is 3. The average Bonchev–Trinajstić information content (AvgIpc) is 3.14. The van der Waals surface area contributed by atoms with Crippen molar-refractivity contribution in [2.75, 3.05) is 0 Å². The minimum Gasteiger partial charge on any atom is -0.208 e. The number of nitrogens with zero attached hydrogens (tertiary/aromatic N) is 3. The largest absolute Gasteiger partial charge is 0.208 e. The van der Waals surface area contributed by atoms with E-state index in [1.165, 1.54) is 63.9 Å². The number of fused-ring (bicyclic) bond motifs is 4. The van der Waals surface area contributed by atoms with Crippen LogP contribution in [0.5, 0.6) is 0 Å². The van der Waals surface area contributed by atoms with Crippen molar-refractivity contribution in [3.05, 3.63) is 139 Å². The Bertz CT molecular complexity index is 2290. The van der Waals surface area contributed by atoms with E-state index in [9.17, 15) is 0 Å². The van der Waals surface area contributed by atoms with Gasteiger partial charge in [0.15, 0.2) is 17.5 Å². The Kier molecular flexibility index (Phi) is 7.57. The van der Waals surface area contributed by atoms with E-state index in [1.54, 1.807) is 0 Å². The summed E-state index contributed by atoms with van der Waals surface area (Å²) in [6.07, 6.45) is 5.53. The molecule has 1 aromatic heterocycles. The molecule has 0 aliphatic heterocycles. The molecule has 5 unspecified atom stereocenters. The molecule has 2 aliphatic carbocycles. The molecule has 0 radical (unpaired) electrons. The molecule has 0 saturated heterocycles. The van der Waals surface area contributed by atoms with Gasteiger partial charge < -0.3 is 0 Å². The molecule has 1 heterocycles. The van der Waals surface area contributed by atoms with Gasteiger partial charge in [-0.2, -0.15) is 0 Å². The van der Waals surface area contributed by atoms with E-state index in [2.05, 4.69) is 147 Å². The topological polar surface area (TPSA) is 38.7 Å². The normalized spacial score (nSPS) is 22.0. The van der Waals surface area contributed by atoms with E-state index in [4.69, 9.17) is 15.0 Å². The van der Waals surface area contributed by atoms with Crippen LogP contribution >= 0.6 is 0 Å². The Morgan fingerprint density at radius 1 is 0.429 bits per heavy atom. The summed E-state index contributed by atoms with van der Waals surface area (Å²) in [6, 6.07) is 47.9. The molecule has 240 valence electrons. The Hall–Kier alpha value is -5.15. The lowest BCUT2D eigenvalue weighted by Crippen LogP contribution is -2.35. The SMILES string of the molecule is CC1CC2CC(C)C(c3ccc(-c4nc(-c5ccc6ccccc6c5)nc(-c5ccc6ccc(-c7ccccc7)cc6c5)n4)cc3)C(C1)C2. The quantitative estimate of drug-likeness (QED) is 0.189. The zero-order valence-corrected chi connectivity index (χ0v) is 28.3. The maximum atomic E-state index is 5.14. The molecule has 9 rings (SSSR count). The van der Waals surface area contributed by atoms with Crippen LogP contribution in [0, 0.1) is 23.7 Å². The Morgan fingerprint density at radius 2 is 0.980 bits per heavy atom. The first-order chi connectivity index (χ1) is 24.0. The summed E-state index contributed by atoms with van der Waals surface area (Å²) in [4.78, 5) is 15.4. The lowest BCUT2D eigenvalue weighted by Gasteiger charge is -2.46. The third-order valence-electron chi connectivity index (χ3n) is 11.3. The zero-order valence-electron chi connectivity index (χ0n) is 28.3. The Morgan fingerprint density at radius 3 is 1.69 bits per heavy atom. The fourth-order valence-corrected chi connectivity index (χ4v) is 9.17. The third-order valence-corrected chi connectivity index (χ3v) is 11.3. The third kappa shape index (κ3) is 5.82. The van der Waals surface area contributed by atoms with Gasteiger partial charge in [-0.05, 0) is 112 Å². The van der Waals surface area contributed by atoms with Gasteiger partial charge in [-0.3, -0.25) is 0 Å². The van der Waals surface area contributed by atoms with E-state index >= 15 is 0 Å². The molecule has 49 heavy (non-hydrogen) atoms. The smallest absolute Gasteiger partial charge is 0.164 e. The molecule has 0 spiro atoms. The van der Waals surface area contributed by atoms with Crippen molar-refractivity contribution in [1.82, 2.24) is 15.0 Å². The van der Waals surface area contributed by atoms with Crippen molar-refractivity contribution in [2.24, 2.45) is 23.7 Å². The highest BCUT2D eigenvalue weighted by molar-refractivity contribution is 5.91. The minimum atomic E-state index is 0.633. The van der Waals surface area contributed by atoms with E-state index in [-0.39, 0.29) is 0 Å². The van der Waals surface area contributed by atoms with Gasteiger partial charge in [-0.25, -0.2) is 15.0 Å². The standard InChI is InChI=1S/C46H41N3/c1-29-22-31-24-30(2)43(42(23-29)25-31)35-15-17-36(18-16-35)44-47-45(39-20-13-33-10-6-7-11-37(33)26-39)49-46(48-44)40-21-14-34-12-19-38(27-41(34)28-40)32-8-4-3-5-9-32/h3-21,26-31,42-43H,22-25H2,1-2H3. The predicted octanol–water partition coefficient (Wildman–Crippen LogP) is 12.0. The molecule has 3 nitrogen and oxygen atoms in total. The summed E-state index contributed by atoms with van der Waals surface area (Å²) in [5.41, 5.74) is 6.88. The lowest BCUT2D eigenvalue weighted by molar-refractivity contribution is 0.0854. The van der Waals surface area contributed by atoms with Crippen LogP contribution in [0.15, 0.2) is 133 Å². The van der Waals surface area contributed by atoms with Crippen LogP contribution in [0.2, 0.25) is 0 Å². The van der Waals surface area contributed by atoms with E-state index in [0.717, 1.165) is 40.4 Å². The highest BCUT2D eigenvalue weighted by Crippen LogP contribution is 2.52. The average molecular weight is 636 g/mol. The van der Waals surface area contributed by atoms with E-state index in [0.29, 0.717) is 23.4 Å². The zero-order chi connectivity index (χ0) is 32.9. The van der Waals surface area contributed by atoms with Crippen molar-refractivity contribution < 1.29 is 0 Å². The van der Waals surface area contributed by atoms with Gasteiger partial charge in [-0.1, -0.05) is 129 Å². The fraction of sp³-hybridized carbons (Fsp3) is 0.239. The first-order valence-electron chi connectivity index (χ1n) is 18.0. The predicted molar refractivity (Wildman–Crippen MR) is 203 cm³/mol. The summed E-state index contributed by atoms with van der Waals surface area (Å²) in [7, 11) is 0. The van der Waals surface area contributed by atoms with E-state index in [1.807, 2.05) is 0 Å². The maximum Gasteiger partial charge on any atom is 0.164 e. The molecule has 0 amide bonds. The summed E-state index contributed by atoms with van der Waals surface area (Å²) in [6.45, 7) is 4.94. The first-order valence-corrected chi connectivity index (χ1v) is 18.0. The van der Waals surface area contributed by atoms with Gasteiger partial charge in [0.25, 0.3) is 0 Å². The minimum absolute atomic E-state index is 0.633. The Labute approximate surface area is 289 Å². The van der Waals surface area contributed by atoms with Crippen LogP contribution in [0.3, 0.4) is 0 Å². The van der Waals surface area contributed by atoms with Gasteiger partial charge in [0.2, 0.25) is 0 Å². The van der Waals surface area contributed by atoms with Crippen molar-refractivity contribution >= 4 is 21.5 Å².